The van der Waals surface area contributed by atoms with E-state index in [9.17, 15) is 9.59 Å². The van der Waals surface area contributed by atoms with Crippen LogP contribution in [0, 0.1) is 0 Å². The van der Waals surface area contributed by atoms with E-state index in [-0.39, 0.29) is 23.6 Å². The van der Waals surface area contributed by atoms with E-state index in [0.29, 0.717) is 11.3 Å². The predicted molar refractivity (Wildman–Crippen MR) is 113 cm³/mol. The predicted octanol–water partition coefficient (Wildman–Crippen LogP) is 4.21. The molecule has 2 aromatic heterocycles. The molecule has 2 heterocycles. The van der Waals surface area contributed by atoms with Crippen molar-refractivity contribution < 1.29 is 14.0 Å². The quantitative estimate of drug-likeness (QED) is 0.507. The van der Waals surface area contributed by atoms with Gasteiger partial charge >= 0.3 is 0 Å². The molecule has 0 fully saturated rings. The zero-order valence-corrected chi connectivity index (χ0v) is 16.3. The van der Waals surface area contributed by atoms with Crippen LogP contribution in [0.1, 0.15) is 39.4 Å². The number of nitrogens with zero attached hydrogens (tertiary/aromatic N) is 2. The number of hydrogen-bond donors (Lipinski definition) is 2. The van der Waals surface area contributed by atoms with Crippen LogP contribution in [0.15, 0.2) is 90.1 Å². The molecule has 0 saturated heterocycles. The van der Waals surface area contributed by atoms with Crippen LogP contribution in [-0.2, 0) is 0 Å². The van der Waals surface area contributed by atoms with Gasteiger partial charge in [-0.05, 0) is 61.0 Å². The molecule has 0 spiro atoms. The van der Waals surface area contributed by atoms with E-state index in [1.165, 1.54) is 6.26 Å². The summed E-state index contributed by atoms with van der Waals surface area (Å²) in [5, 5.41) is 5.71. The van der Waals surface area contributed by atoms with E-state index in [2.05, 4.69) is 15.6 Å². The molecule has 0 bridgehead atoms. The maximum Gasteiger partial charge on any atom is 0.291 e. The molecule has 7 heteroatoms. The van der Waals surface area contributed by atoms with Crippen LogP contribution in [0.3, 0.4) is 0 Å². The van der Waals surface area contributed by atoms with Crippen LogP contribution in [0.4, 0.5) is 5.69 Å². The maximum atomic E-state index is 12.6. The molecule has 4 rings (SSSR count). The Morgan fingerprint density at radius 3 is 2.40 bits per heavy atom. The third-order valence-corrected chi connectivity index (χ3v) is 4.69. The molecule has 0 aliphatic carbocycles. The van der Waals surface area contributed by atoms with Gasteiger partial charge in [-0.25, -0.2) is 4.98 Å². The van der Waals surface area contributed by atoms with Crippen LogP contribution >= 0.6 is 0 Å². The first-order chi connectivity index (χ1) is 14.6. The molecule has 0 aliphatic heterocycles. The summed E-state index contributed by atoms with van der Waals surface area (Å²) in [6, 6.07) is 17.7. The van der Waals surface area contributed by atoms with Gasteiger partial charge in [0.2, 0.25) is 0 Å². The van der Waals surface area contributed by atoms with Crippen LogP contribution < -0.4 is 10.6 Å². The Morgan fingerprint density at radius 1 is 1.00 bits per heavy atom. The average molecular weight is 400 g/mol. The normalized spacial score (nSPS) is 11.6. The Balaban J connectivity index is 1.36. The second kappa shape index (κ2) is 8.48. The molecule has 0 aliphatic rings. The van der Waals surface area contributed by atoms with E-state index in [1.807, 2.05) is 42.0 Å². The van der Waals surface area contributed by atoms with E-state index in [1.54, 1.807) is 48.9 Å². The first-order valence-corrected chi connectivity index (χ1v) is 9.44. The summed E-state index contributed by atoms with van der Waals surface area (Å²) >= 11 is 0. The van der Waals surface area contributed by atoms with Crippen molar-refractivity contribution >= 4 is 17.5 Å². The van der Waals surface area contributed by atoms with Crippen LogP contribution in [0.2, 0.25) is 0 Å². The number of benzene rings is 2. The summed E-state index contributed by atoms with van der Waals surface area (Å²) in [6.45, 7) is 1.93. The van der Waals surface area contributed by atoms with Gasteiger partial charge in [0.1, 0.15) is 0 Å². The average Bonchev–Trinajstić information content (AvgIpc) is 3.48. The molecule has 4 aromatic rings. The van der Waals surface area contributed by atoms with E-state index in [4.69, 9.17) is 4.42 Å². The van der Waals surface area contributed by atoms with Crippen molar-refractivity contribution in [2.75, 3.05) is 5.32 Å². The van der Waals surface area contributed by atoms with Gasteiger partial charge in [-0.3, -0.25) is 9.59 Å². The van der Waals surface area contributed by atoms with Gasteiger partial charge in [0, 0.05) is 29.3 Å². The fourth-order valence-electron chi connectivity index (χ4n) is 3.02. The second-order valence-electron chi connectivity index (χ2n) is 6.77. The minimum absolute atomic E-state index is 0.160. The molecule has 0 radical (unpaired) electrons. The molecule has 150 valence electrons. The fourth-order valence-corrected chi connectivity index (χ4v) is 3.02. The molecular formula is C23H20N4O3. The van der Waals surface area contributed by atoms with Crippen molar-refractivity contribution in [1.82, 2.24) is 14.9 Å². The Morgan fingerprint density at radius 2 is 1.77 bits per heavy atom. The molecule has 7 nitrogen and oxygen atoms in total. The molecule has 0 saturated carbocycles. The molecule has 2 N–H and O–H groups in total. The van der Waals surface area contributed by atoms with Gasteiger partial charge in [0.15, 0.2) is 5.76 Å². The third-order valence-electron chi connectivity index (χ3n) is 4.69. The van der Waals surface area contributed by atoms with Crippen molar-refractivity contribution in [3.05, 3.63) is 103 Å². The lowest BCUT2D eigenvalue weighted by Crippen LogP contribution is -2.26. The first-order valence-electron chi connectivity index (χ1n) is 9.44. The van der Waals surface area contributed by atoms with Gasteiger partial charge in [-0.15, -0.1) is 0 Å². The molecule has 2 aromatic carbocycles. The molecular weight excluding hydrogens is 380 g/mol. The van der Waals surface area contributed by atoms with Gasteiger partial charge < -0.3 is 19.6 Å². The Labute approximate surface area is 173 Å². The van der Waals surface area contributed by atoms with Crippen molar-refractivity contribution in [3.8, 4) is 5.69 Å². The van der Waals surface area contributed by atoms with Crippen molar-refractivity contribution in [2.24, 2.45) is 0 Å². The van der Waals surface area contributed by atoms with Gasteiger partial charge in [0.25, 0.3) is 11.8 Å². The largest absolute Gasteiger partial charge is 0.459 e. The van der Waals surface area contributed by atoms with Crippen LogP contribution in [-0.4, -0.2) is 21.4 Å². The number of imidazole rings is 1. The Kier molecular flexibility index (Phi) is 5.43. The number of rotatable bonds is 6. The summed E-state index contributed by atoms with van der Waals surface area (Å²) in [6.07, 6.45) is 6.78. The number of anilines is 1. The summed E-state index contributed by atoms with van der Waals surface area (Å²) in [4.78, 5) is 28.6. The molecule has 2 amide bonds. The van der Waals surface area contributed by atoms with Crippen LogP contribution in [0.5, 0.6) is 0 Å². The number of carbonyl (C=O) groups excluding carboxylic acids is 2. The highest BCUT2D eigenvalue weighted by Gasteiger charge is 2.13. The van der Waals surface area contributed by atoms with Crippen molar-refractivity contribution in [3.63, 3.8) is 0 Å². The van der Waals surface area contributed by atoms with E-state index < -0.39 is 0 Å². The Bertz CT molecular complexity index is 1120. The van der Waals surface area contributed by atoms with Gasteiger partial charge in [-0.1, -0.05) is 12.1 Å². The first kappa shape index (κ1) is 19.2. The fraction of sp³-hybridized carbons (Fsp3) is 0.0870. The number of carbonyl (C=O) groups is 2. The van der Waals surface area contributed by atoms with E-state index in [0.717, 1.165) is 11.3 Å². The lowest BCUT2D eigenvalue weighted by atomic mass is 10.1. The van der Waals surface area contributed by atoms with Crippen molar-refractivity contribution in [2.45, 2.75) is 13.0 Å². The lowest BCUT2D eigenvalue weighted by Gasteiger charge is -2.15. The zero-order valence-electron chi connectivity index (χ0n) is 16.3. The summed E-state index contributed by atoms with van der Waals surface area (Å²) in [5.74, 6) is -0.306. The summed E-state index contributed by atoms with van der Waals surface area (Å²) in [5.41, 5.74) is 3.08. The number of hydrogen-bond acceptors (Lipinski definition) is 4. The summed E-state index contributed by atoms with van der Waals surface area (Å²) < 4.78 is 6.98. The molecule has 30 heavy (non-hydrogen) atoms. The van der Waals surface area contributed by atoms with Crippen molar-refractivity contribution in [1.29, 1.82) is 0 Å². The second-order valence-corrected chi connectivity index (χ2v) is 6.77. The van der Waals surface area contributed by atoms with Gasteiger partial charge in [-0.2, -0.15) is 0 Å². The van der Waals surface area contributed by atoms with Crippen LogP contribution in [0.25, 0.3) is 5.69 Å². The monoisotopic (exact) mass is 400 g/mol. The number of amides is 2. The zero-order chi connectivity index (χ0) is 20.9. The van der Waals surface area contributed by atoms with Gasteiger partial charge in [0.05, 0.1) is 18.6 Å². The standard InChI is InChI=1S/C23H20N4O3/c1-16(17-6-10-20(11-7-17)27-13-12-24-15-27)25-22(28)18-4-8-19(9-5-18)26-23(29)21-3-2-14-30-21/h2-16H,1H3,(H,25,28)(H,26,29)/t16-/m1/s1. The number of nitrogens with one attached hydrogen (secondary N) is 2. The summed E-state index contributed by atoms with van der Waals surface area (Å²) in [7, 11) is 0. The maximum absolute atomic E-state index is 12.6. The number of aromatic nitrogens is 2. The smallest absolute Gasteiger partial charge is 0.291 e. The lowest BCUT2D eigenvalue weighted by molar-refractivity contribution is 0.0939. The molecule has 0 unspecified atom stereocenters. The number of furan rings is 1. The highest BCUT2D eigenvalue weighted by molar-refractivity contribution is 6.02. The van der Waals surface area contributed by atoms with E-state index >= 15 is 0 Å². The minimum Gasteiger partial charge on any atom is -0.459 e. The highest BCUT2D eigenvalue weighted by atomic mass is 16.3. The SMILES string of the molecule is C[C@@H](NC(=O)c1ccc(NC(=O)c2ccco2)cc1)c1ccc(-n2ccnc2)cc1. The Hall–Kier alpha value is -4.13. The highest BCUT2D eigenvalue weighted by Crippen LogP contribution is 2.17. The third kappa shape index (κ3) is 4.30. The minimum atomic E-state index is -0.343. The molecule has 1 atom stereocenters. The topological polar surface area (TPSA) is 89.2 Å².